The van der Waals surface area contributed by atoms with Crippen LogP contribution in [-0.4, -0.2) is 37.4 Å². The van der Waals surface area contributed by atoms with Crippen LogP contribution in [-0.2, 0) is 11.3 Å². The summed E-state index contributed by atoms with van der Waals surface area (Å²) in [5.74, 6) is 0.589. The number of guanidine groups is 1. The Balaban J connectivity index is 0.00000312. The summed E-state index contributed by atoms with van der Waals surface area (Å²) < 4.78 is 0. The van der Waals surface area contributed by atoms with Crippen molar-refractivity contribution in [2.24, 2.45) is 16.6 Å². The van der Waals surface area contributed by atoms with Crippen LogP contribution in [0.1, 0.15) is 35.7 Å². The van der Waals surface area contributed by atoms with Crippen molar-refractivity contribution in [2.75, 3.05) is 19.6 Å². The Morgan fingerprint density at radius 2 is 1.92 bits per heavy atom. The van der Waals surface area contributed by atoms with Gasteiger partial charge in [0.05, 0.1) is 6.54 Å². The standard InChI is InChI=1S/C17H25N5O2.HI/c1-2-19-17(21-9-8-20-16(24)13-6-7-13)22-11-12-4-3-5-14(10-12)15(18)23;/h3-5,10,13H,2,6-9,11H2,1H3,(H2,18,23)(H,20,24)(H2,19,21,22);1H. The molecule has 1 aromatic rings. The lowest BCUT2D eigenvalue weighted by Gasteiger charge is -2.12. The number of nitrogens with one attached hydrogen (secondary N) is 3. The number of nitrogens with two attached hydrogens (primary N) is 1. The van der Waals surface area contributed by atoms with Crippen LogP contribution >= 0.6 is 24.0 Å². The van der Waals surface area contributed by atoms with Gasteiger partial charge in [-0.1, -0.05) is 12.1 Å². The molecule has 7 nitrogen and oxygen atoms in total. The maximum atomic E-state index is 11.6. The summed E-state index contributed by atoms with van der Waals surface area (Å²) in [6, 6.07) is 7.11. The Bertz CT molecular complexity index is 617. The van der Waals surface area contributed by atoms with E-state index in [4.69, 9.17) is 5.73 Å². The lowest BCUT2D eigenvalue weighted by atomic mass is 10.1. The first-order chi connectivity index (χ1) is 11.6. The molecule has 138 valence electrons. The third-order valence-electron chi connectivity index (χ3n) is 3.64. The highest BCUT2D eigenvalue weighted by molar-refractivity contribution is 14.0. The number of nitrogens with zero attached hydrogens (tertiary/aromatic N) is 1. The van der Waals surface area contributed by atoms with Gasteiger partial charge in [0.1, 0.15) is 0 Å². The van der Waals surface area contributed by atoms with Crippen molar-refractivity contribution in [3.8, 4) is 0 Å². The maximum Gasteiger partial charge on any atom is 0.248 e. The van der Waals surface area contributed by atoms with E-state index < -0.39 is 5.91 Å². The average Bonchev–Trinajstić information content (AvgIpc) is 3.41. The van der Waals surface area contributed by atoms with Crippen LogP contribution < -0.4 is 21.7 Å². The second-order valence-corrected chi connectivity index (χ2v) is 5.75. The van der Waals surface area contributed by atoms with E-state index in [1.54, 1.807) is 18.2 Å². The van der Waals surface area contributed by atoms with Crippen LogP contribution in [0.15, 0.2) is 29.3 Å². The van der Waals surface area contributed by atoms with E-state index in [0.717, 1.165) is 24.9 Å². The van der Waals surface area contributed by atoms with E-state index >= 15 is 0 Å². The molecule has 1 aromatic carbocycles. The number of carbonyl (C=O) groups excluding carboxylic acids is 2. The molecule has 0 spiro atoms. The van der Waals surface area contributed by atoms with Crippen LogP contribution in [0.25, 0.3) is 0 Å². The fraction of sp³-hybridized carbons (Fsp3) is 0.471. The zero-order valence-electron chi connectivity index (χ0n) is 14.4. The molecule has 5 N–H and O–H groups in total. The van der Waals surface area contributed by atoms with Crippen molar-refractivity contribution in [3.05, 3.63) is 35.4 Å². The topological polar surface area (TPSA) is 109 Å². The highest BCUT2D eigenvalue weighted by atomic mass is 127. The second kappa shape index (κ2) is 10.9. The number of hydrogen-bond acceptors (Lipinski definition) is 3. The van der Waals surface area contributed by atoms with E-state index in [1.165, 1.54) is 0 Å². The van der Waals surface area contributed by atoms with Crippen LogP contribution in [0.5, 0.6) is 0 Å². The number of halogens is 1. The maximum absolute atomic E-state index is 11.6. The summed E-state index contributed by atoms with van der Waals surface area (Å²) in [7, 11) is 0. The highest BCUT2D eigenvalue weighted by Crippen LogP contribution is 2.28. The van der Waals surface area contributed by atoms with Crippen molar-refractivity contribution >= 4 is 41.8 Å². The molecule has 0 radical (unpaired) electrons. The lowest BCUT2D eigenvalue weighted by molar-refractivity contribution is -0.122. The molecule has 25 heavy (non-hydrogen) atoms. The Hall–Kier alpha value is -1.84. The van der Waals surface area contributed by atoms with Gasteiger partial charge in [0.2, 0.25) is 11.8 Å². The number of benzene rings is 1. The van der Waals surface area contributed by atoms with Crippen LogP contribution in [0.2, 0.25) is 0 Å². The summed E-state index contributed by atoms with van der Waals surface area (Å²) >= 11 is 0. The SMILES string of the molecule is CCNC(=NCc1cccc(C(N)=O)c1)NCCNC(=O)C1CC1.I. The zero-order valence-corrected chi connectivity index (χ0v) is 16.7. The molecule has 0 bridgehead atoms. The summed E-state index contributed by atoms with van der Waals surface area (Å²) in [5, 5.41) is 9.22. The number of amides is 2. The molecule has 0 heterocycles. The Morgan fingerprint density at radius 1 is 1.20 bits per heavy atom. The number of aliphatic imine (C=N–C) groups is 1. The second-order valence-electron chi connectivity index (χ2n) is 5.75. The summed E-state index contributed by atoms with van der Waals surface area (Å²) in [6.07, 6.45) is 2.02. The monoisotopic (exact) mass is 459 g/mol. The molecule has 1 saturated carbocycles. The molecular formula is C17H26IN5O2. The van der Waals surface area contributed by atoms with E-state index in [0.29, 0.717) is 31.2 Å². The summed E-state index contributed by atoms with van der Waals surface area (Å²) in [6.45, 7) is 4.33. The molecule has 0 unspecified atom stereocenters. The van der Waals surface area contributed by atoms with Gasteiger partial charge in [-0.3, -0.25) is 9.59 Å². The minimum Gasteiger partial charge on any atom is -0.366 e. The number of hydrogen-bond donors (Lipinski definition) is 4. The van der Waals surface area contributed by atoms with Gasteiger partial charge in [-0.15, -0.1) is 24.0 Å². The van der Waals surface area contributed by atoms with Crippen molar-refractivity contribution in [1.82, 2.24) is 16.0 Å². The quantitative estimate of drug-likeness (QED) is 0.201. The molecule has 2 amide bonds. The molecule has 1 fully saturated rings. The van der Waals surface area contributed by atoms with Gasteiger partial charge in [-0.2, -0.15) is 0 Å². The fourth-order valence-electron chi connectivity index (χ4n) is 2.19. The molecule has 0 aliphatic heterocycles. The highest BCUT2D eigenvalue weighted by Gasteiger charge is 2.28. The van der Waals surface area contributed by atoms with Crippen LogP contribution in [0.4, 0.5) is 0 Å². The average molecular weight is 459 g/mol. The predicted molar refractivity (Wildman–Crippen MR) is 109 cm³/mol. The van der Waals surface area contributed by atoms with Gasteiger partial charge in [0.15, 0.2) is 5.96 Å². The largest absolute Gasteiger partial charge is 0.366 e. The fourth-order valence-corrected chi connectivity index (χ4v) is 2.19. The molecular weight excluding hydrogens is 433 g/mol. The first-order valence-corrected chi connectivity index (χ1v) is 8.28. The normalized spacial score (nSPS) is 13.6. The third-order valence-corrected chi connectivity index (χ3v) is 3.64. The number of rotatable bonds is 8. The van der Waals surface area contributed by atoms with Gasteiger partial charge in [0.25, 0.3) is 0 Å². The summed E-state index contributed by atoms with van der Waals surface area (Å²) in [4.78, 5) is 27.2. The minimum absolute atomic E-state index is 0. The smallest absolute Gasteiger partial charge is 0.248 e. The molecule has 0 atom stereocenters. The van der Waals surface area contributed by atoms with Crippen molar-refractivity contribution in [2.45, 2.75) is 26.3 Å². The van der Waals surface area contributed by atoms with Gasteiger partial charge in [-0.05, 0) is 37.5 Å². The Morgan fingerprint density at radius 3 is 2.56 bits per heavy atom. The molecule has 1 aliphatic carbocycles. The van der Waals surface area contributed by atoms with Gasteiger partial charge >= 0.3 is 0 Å². The Kier molecular flexibility index (Phi) is 9.25. The van der Waals surface area contributed by atoms with Gasteiger partial charge in [0, 0.05) is 31.1 Å². The van der Waals surface area contributed by atoms with E-state index in [2.05, 4.69) is 20.9 Å². The van der Waals surface area contributed by atoms with Crippen LogP contribution in [0, 0.1) is 5.92 Å². The van der Waals surface area contributed by atoms with Crippen molar-refractivity contribution in [3.63, 3.8) is 0 Å². The molecule has 2 rings (SSSR count). The first kappa shape index (κ1) is 21.2. The molecule has 1 aliphatic rings. The predicted octanol–water partition coefficient (Wildman–Crippen LogP) is 0.985. The molecule has 8 heteroatoms. The number of carbonyl (C=O) groups is 2. The number of primary amides is 1. The van der Waals surface area contributed by atoms with Crippen molar-refractivity contribution in [1.29, 1.82) is 0 Å². The Labute approximate surface area is 165 Å². The summed E-state index contributed by atoms with van der Waals surface area (Å²) in [5.41, 5.74) is 6.67. The third kappa shape index (κ3) is 7.72. The van der Waals surface area contributed by atoms with E-state index in [9.17, 15) is 9.59 Å². The van der Waals surface area contributed by atoms with E-state index in [-0.39, 0.29) is 35.8 Å². The van der Waals surface area contributed by atoms with Gasteiger partial charge in [-0.25, -0.2) is 4.99 Å². The lowest BCUT2D eigenvalue weighted by Crippen LogP contribution is -2.41. The van der Waals surface area contributed by atoms with Crippen LogP contribution in [0.3, 0.4) is 0 Å². The van der Waals surface area contributed by atoms with Crippen molar-refractivity contribution < 1.29 is 9.59 Å². The molecule has 0 saturated heterocycles. The van der Waals surface area contributed by atoms with Gasteiger partial charge < -0.3 is 21.7 Å². The molecule has 0 aromatic heterocycles. The minimum atomic E-state index is -0.447. The zero-order chi connectivity index (χ0) is 17.4. The van der Waals surface area contributed by atoms with E-state index in [1.807, 2.05) is 13.0 Å². The first-order valence-electron chi connectivity index (χ1n) is 8.28.